The van der Waals surface area contributed by atoms with E-state index in [0.29, 0.717) is 13.0 Å². The van der Waals surface area contributed by atoms with Crippen LogP contribution < -0.4 is 16.4 Å². The molecule has 38 heavy (non-hydrogen) atoms. The monoisotopic (exact) mass is 534 g/mol. The van der Waals surface area contributed by atoms with Crippen molar-refractivity contribution in [2.45, 2.75) is 105 Å². The van der Waals surface area contributed by atoms with Gasteiger partial charge in [-0.05, 0) is 47.8 Å². The number of nitrogens with two attached hydrogens (primary N) is 1. The minimum Gasteiger partial charge on any atom is -0.446 e. The van der Waals surface area contributed by atoms with E-state index in [9.17, 15) is 24.0 Å². The van der Waals surface area contributed by atoms with Crippen molar-refractivity contribution in [3.8, 4) is 0 Å². The number of rotatable bonds is 10. The lowest BCUT2D eigenvalue weighted by molar-refractivity contribution is -0.145. The molecule has 6 atom stereocenters. The van der Waals surface area contributed by atoms with Crippen molar-refractivity contribution in [3.05, 3.63) is 0 Å². The number of primary amides is 1. The number of amides is 4. The van der Waals surface area contributed by atoms with Crippen LogP contribution in [-0.4, -0.2) is 65.3 Å². The van der Waals surface area contributed by atoms with Crippen molar-refractivity contribution in [1.29, 1.82) is 0 Å². The van der Waals surface area contributed by atoms with Crippen LogP contribution in [0.25, 0.3) is 0 Å². The minimum absolute atomic E-state index is 0.0898. The van der Waals surface area contributed by atoms with Gasteiger partial charge in [0.05, 0.1) is 6.04 Å². The average molecular weight is 535 g/mol. The lowest BCUT2D eigenvalue weighted by atomic mass is 9.80. The van der Waals surface area contributed by atoms with Crippen LogP contribution in [0.3, 0.4) is 0 Å². The van der Waals surface area contributed by atoms with Gasteiger partial charge in [-0.2, -0.15) is 0 Å². The number of ether oxygens (including phenoxy) is 1. The van der Waals surface area contributed by atoms with Crippen LogP contribution in [-0.2, 0) is 23.9 Å². The lowest BCUT2D eigenvalue weighted by Gasteiger charge is -2.38. The number of nitrogens with zero attached hydrogens (tertiary/aromatic N) is 1. The fourth-order valence-electron chi connectivity index (χ4n) is 5.81. The Bertz CT molecular complexity index is 967. The average Bonchev–Trinajstić information content (AvgIpc) is 3.10. The number of piperidine rings is 1. The molecule has 1 heterocycles. The van der Waals surface area contributed by atoms with Gasteiger partial charge in [0.1, 0.15) is 18.2 Å². The van der Waals surface area contributed by atoms with E-state index in [4.69, 9.17) is 10.5 Å². The molecule has 214 valence electrons. The van der Waals surface area contributed by atoms with Crippen LogP contribution in [0.5, 0.6) is 0 Å². The van der Waals surface area contributed by atoms with Crippen molar-refractivity contribution in [1.82, 2.24) is 15.5 Å². The highest BCUT2D eigenvalue weighted by Crippen LogP contribution is 2.65. The Kier molecular flexibility index (Phi) is 8.53. The van der Waals surface area contributed by atoms with Crippen molar-refractivity contribution in [3.63, 3.8) is 0 Å². The van der Waals surface area contributed by atoms with E-state index in [-0.39, 0.29) is 41.1 Å². The first kappa shape index (κ1) is 29.9. The van der Waals surface area contributed by atoms with E-state index < -0.39 is 47.2 Å². The van der Waals surface area contributed by atoms with Crippen LogP contribution in [0.4, 0.5) is 4.79 Å². The highest BCUT2D eigenvalue weighted by molar-refractivity contribution is 6.37. The van der Waals surface area contributed by atoms with Gasteiger partial charge in [0.25, 0.3) is 5.91 Å². The molecular weight excluding hydrogens is 488 g/mol. The zero-order valence-electron chi connectivity index (χ0n) is 24.1. The summed E-state index contributed by atoms with van der Waals surface area (Å²) in [6, 6.07) is -2.75. The molecule has 3 rings (SSSR count). The molecule has 4 N–H and O–H groups in total. The number of fused-ring (bicyclic) bond motifs is 1. The molecule has 2 aliphatic carbocycles. The molecule has 0 bridgehead atoms. The Morgan fingerprint density at radius 3 is 2.13 bits per heavy atom. The zero-order chi connectivity index (χ0) is 28.7. The summed E-state index contributed by atoms with van der Waals surface area (Å²) in [5, 5.41) is 5.53. The first-order valence-electron chi connectivity index (χ1n) is 13.9. The van der Waals surface area contributed by atoms with E-state index >= 15 is 0 Å². The number of hydrogen-bond acceptors (Lipinski definition) is 6. The highest BCUT2D eigenvalue weighted by Gasteiger charge is 2.70. The van der Waals surface area contributed by atoms with E-state index in [1.54, 1.807) is 6.92 Å². The summed E-state index contributed by atoms with van der Waals surface area (Å²) in [4.78, 5) is 66.1. The summed E-state index contributed by atoms with van der Waals surface area (Å²) in [6.45, 7) is 15.7. The van der Waals surface area contributed by atoms with Gasteiger partial charge < -0.3 is 26.0 Å². The Hall–Kier alpha value is -2.65. The lowest BCUT2D eigenvalue weighted by Crippen LogP contribution is -2.60. The molecule has 10 nitrogen and oxygen atoms in total. The number of alkyl carbamates (subject to hydrolysis) is 1. The number of Topliss-reactive ketones (excluding diaryl/α,β-unsaturated/α-hetero) is 1. The predicted octanol–water partition coefficient (Wildman–Crippen LogP) is 2.38. The van der Waals surface area contributed by atoms with Gasteiger partial charge in [0.2, 0.25) is 17.6 Å². The number of carbonyl (C=O) groups excluding carboxylic acids is 5. The molecule has 0 aromatic rings. The van der Waals surface area contributed by atoms with Crippen molar-refractivity contribution >= 4 is 29.6 Å². The fourth-order valence-corrected chi connectivity index (χ4v) is 5.81. The second kappa shape index (κ2) is 10.8. The van der Waals surface area contributed by atoms with Gasteiger partial charge in [-0.25, -0.2) is 4.79 Å². The molecular formula is C28H46N4O6. The van der Waals surface area contributed by atoms with Crippen molar-refractivity contribution in [2.75, 3.05) is 6.54 Å². The van der Waals surface area contributed by atoms with Gasteiger partial charge in [-0.1, -0.05) is 67.7 Å². The molecule has 4 amide bonds. The van der Waals surface area contributed by atoms with Gasteiger partial charge in [-0.3, -0.25) is 19.2 Å². The molecule has 0 aromatic carbocycles. The summed E-state index contributed by atoms with van der Waals surface area (Å²) in [7, 11) is 0. The Balaban J connectivity index is 1.82. The molecule has 1 saturated heterocycles. The number of nitrogens with one attached hydrogen (secondary N) is 2. The summed E-state index contributed by atoms with van der Waals surface area (Å²) in [6.07, 6.45) is 2.28. The largest absolute Gasteiger partial charge is 0.446 e. The number of carbonyl (C=O) groups is 5. The summed E-state index contributed by atoms with van der Waals surface area (Å²) in [5.74, 6) is -2.33. The molecule has 3 aliphatic rings. The normalized spacial score (nSPS) is 26.4. The predicted molar refractivity (Wildman–Crippen MR) is 142 cm³/mol. The molecule has 10 heteroatoms. The van der Waals surface area contributed by atoms with Gasteiger partial charge in [0.15, 0.2) is 0 Å². The fraction of sp³-hybridized carbons (Fsp3) is 0.821. The first-order valence-corrected chi connectivity index (χ1v) is 13.9. The molecule has 3 fully saturated rings. The van der Waals surface area contributed by atoms with Crippen LogP contribution in [0.2, 0.25) is 0 Å². The van der Waals surface area contributed by atoms with Gasteiger partial charge in [-0.15, -0.1) is 0 Å². The van der Waals surface area contributed by atoms with Crippen molar-refractivity contribution in [2.24, 2.45) is 40.2 Å². The highest BCUT2D eigenvalue weighted by atomic mass is 16.6. The maximum atomic E-state index is 13.9. The molecule has 0 aromatic heterocycles. The Labute approximate surface area is 226 Å². The summed E-state index contributed by atoms with van der Waals surface area (Å²) < 4.78 is 5.46. The van der Waals surface area contributed by atoms with E-state index in [1.165, 1.54) is 4.90 Å². The molecule has 0 radical (unpaired) electrons. The molecule has 0 spiro atoms. The Morgan fingerprint density at radius 1 is 1.05 bits per heavy atom. The SMILES string of the molecule is CC(C)[C@@H](C)OC(=O)N[C@H](C(=O)N1C[C@H]2[C@@H]([C@H]1C(=O)NC(CC1CCC1)C(=O)C(N)=O)C2(C)C)C(C)(C)C. The topological polar surface area (TPSA) is 148 Å². The summed E-state index contributed by atoms with van der Waals surface area (Å²) >= 11 is 0. The Morgan fingerprint density at radius 2 is 1.66 bits per heavy atom. The van der Waals surface area contributed by atoms with Gasteiger partial charge >= 0.3 is 6.09 Å². The van der Waals surface area contributed by atoms with E-state index in [0.717, 1.165) is 19.3 Å². The number of likely N-dealkylation sites (tertiary alicyclic amines) is 1. The maximum absolute atomic E-state index is 13.9. The minimum atomic E-state index is -1.08. The third kappa shape index (κ3) is 6.15. The van der Waals surface area contributed by atoms with Crippen LogP contribution in [0, 0.1) is 34.5 Å². The quantitative estimate of drug-likeness (QED) is 0.367. The van der Waals surface area contributed by atoms with E-state index in [1.807, 2.05) is 34.6 Å². The smallest absolute Gasteiger partial charge is 0.408 e. The second-order valence-corrected chi connectivity index (χ2v) is 13.5. The van der Waals surface area contributed by atoms with Crippen molar-refractivity contribution < 1.29 is 28.7 Å². The number of ketones is 1. The third-order valence-electron chi connectivity index (χ3n) is 9.04. The molecule has 2 saturated carbocycles. The molecule has 1 aliphatic heterocycles. The standard InChI is InChI=1S/C28H46N4O6/c1-14(2)15(3)38-26(37)31-22(27(4,5)6)25(36)32-13-17-19(28(17,7)8)20(32)24(35)30-18(21(33)23(29)34)12-16-10-9-11-16/h14-20,22H,9-13H2,1-8H3,(H2,29,34)(H,30,35)(H,31,37)/t15-,17+,18?,19+,20+,22-/m1/s1. The zero-order valence-corrected chi connectivity index (χ0v) is 24.1. The van der Waals surface area contributed by atoms with Crippen LogP contribution in [0.1, 0.15) is 81.1 Å². The summed E-state index contributed by atoms with van der Waals surface area (Å²) in [5.41, 5.74) is 4.48. The first-order chi connectivity index (χ1) is 17.5. The third-order valence-corrected chi connectivity index (χ3v) is 9.04. The van der Waals surface area contributed by atoms with Gasteiger partial charge in [0, 0.05) is 6.54 Å². The molecule has 1 unspecified atom stereocenters. The van der Waals surface area contributed by atoms with Crippen LogP contribution in [0.15, 0.2) is 0 Å². The number of hydrogen-bond donors (Lipinski definition) is 3. The maximum Gasteiger partial charge on any atom is 0.408 e. The second-order valence-electron chi connectivity index (χ2n) is 13.5. The van der Waals surface area contributed by atoms with Crippen LogP contribution >= 0.6 is 0 Å². The van der Waals surface area contributed by atoms with E-state index in [2.05, 4.69) is 24.5 Å².